The van der Waals surface area contributed by atoms with E-state index < -0.39 is 0 Å². The molecule has 2 nitrogen and oxygen atoms in total. The molecule has 0 fully saturated rings. The molecule has 0 aliphatic rings. The van der Waals surface area contributed by atoms with Crippen LogP contribution in [0.5, 0.6) is 0 Å². The van der Waals surface area contributed by atoms with Crippen LogP contribution in [0, 0.1) is 11.3 Å². The molecule has 92 valence electrons. The Labute approximate surface area is 105 Å². The van der Waals surface area contributed by atoms with Crippen molar-refractivity contribution in [1.29, 1.82) is 5.26 Å². The van der Waals surface area contributed by atoms with E-state index in [2.05, 4.69) is 6.92 Å². The first-order chi connectivity index (χ1) is 7.70. The minimum Gasteiger partial charge on any atom is -0.483 e. The Balaban J connectivity index is 3.33. The number of hydrogen-bond donors (Lipinski definition) is 0. The number of nitrogens with zero attached hydrogens (tertiary/aromatic N) is 1. The van der Waals surface area contributed by atoms with Crippen molar-refractivity contribution >= 4 is 17.3 Å². The van der Waals surface area contributed by atoms with Crippen molar-refractivity contribution in [3.8, 4) is 6.07 Å². The second-order valence-electron chi connectivity index (χ2n) is 4.19. The molecule has 16 heavy (non-hydrogen) atoms. The van der Waals surface area contributed by atoms with Gasteiger partial charge in [0.05, 0.1) is 12.2 Å². The Kier molecular flexibility index (Phi) is 10.5. The number of ether oxygens (including phenoxy) is 1. The summed E-state index contributed by atoms with van der Waals surface area (Å²) in [5.74, 6) is 0. The minimum absolute atomic E-state index is 0.159. The molecule has 0 spiro atoms. The Bertz CT molecular complexity index is 222. The van der Waals surface area contributed by atoms with Crippen molar-refractivity contribution < 1.29 is 4.74 Å². The predicted octanol–water partition coefficient (Wildman–Crippen LogP) is 4.38. The highest BCUT2D eigenvalue weighted by molar-refractivity contribution is 7.80. The summed E-state index contributed by atoms with van der Waals surface area (Å²) in [6, 6.07) is 2.00. The van der Waals surface area contributed by atoms with Crippen LogP contribution < -0.4 is 0 Å². The van der Waals surface area contributed by atoms with Gasteiger partial charge in [0.1, 0.15) is 6.42 Å². The van der Waals surface area contributed by atoms with E-state index in [0.29, 0.717) is 5.05 Å². The number of unbranched alkanes of at least 4 members (excludes halogenated alkanes) is 5. The first kappa shape index (κ1) is 15.4. The molecule has 0 rings (SSSR count). The van der Waals surface area contributed by atoms with E-state index >= 15 is 0 Å². The molecule has 0 heterocycles. The Hall–Kier alpha value is -0.620. The van der Waals surface area contributed by atoms with Crippen LogP contribution in [-0.4, -0.2) is 11.2 Å². The summed E-state index contributed by atoms with van der Waals surface area (Å²) in [6.07, 6.45) is 9.21. The molecule has 0 aromatic carbocycles. The van der Waals surface area contributed by atoms with Gasteiger partial charge in [-0.15, -0.1) is 0 Å². The van der Waals surface area contributed by atoms with Gasteiger partial charge in [-0.05, 0) is 32.0 Å². The molecule has 1 atom stereocenters. The lowest BCUT2D eigenvalue weighted by Gasteiger charge is -2.13. The van der Waals surface area contributed by atoms with E-state index in [1.807, 2.05) is 13.0 Å². The van der Waals surface area contributed by atoms with Crippen LogP contribution in [0.2, 0.25) is 0 Å². The molecule has 0 saturated heterocycles. The summed E-state index contributed by atoms with van der Waals surface area (Å²) in [7, 11) is 0. The van der Waals surface area contributed by atoms with E-state index in [1.165, 1.54) is 38.5 Å². The zero-order valence-corrected chi connectivity index (χ0v) is 11.3. The fourth-order valence-electron chi connectivity index (χ4n) is 1.60. The molecule has 1 unspecified atom stereocenters. The van der Waals surface area contributed by atoms with Gasteiger partial charge in [0.2, 0.25) is 0 Å². The van der Waals surface area contributed by atoms with Crippen LogP contribution in [0.25, 0.3) is 0 Å². The van der Waals surface area contributed by atoms with Crippen molar-refractivity contribution in [3.63, 3.8) is 0 Å². The van der Waals surface area contributed by atoms with Gasteiger partial charge in [-0.2, -0.15) is 5.26 Å². The number of thiocarbonyl (C=S) groups is 1. The van der Waals surface area contributed by atoms with Gasteiger partial charge < -0.3 is 4.74 Å². The molecule has 0 aromatic rings. The number of rotatable bonds is 9. The van der Waals surface area contributed by atoms with Gasteiger partial charge in [-0.25, -0.2) is 0 Å². The van der Waals surface area contributed by atoms with Crippen LogP contribution >= 0.6 is 12.2 Å². The highest BCUT2D eigenvalue weighted by Crippen LogP contribution is 2.10. The van der Waals surface area contributed by atoms with Gasteiger partial charge in [0.15, 0.2) is 5.05 Å². The van der Waals surface area contributed by atoms with Crippen molar-refractivity contribution in [2.45, 2.75) is 71.3 Å². The zero-order chi connectivity index (χ0) is 12.2. The lowest BCUT2D eigenvalue weighted by molar-refractivity contribution is 0.195. The van der Waals surface area contributed by atoms with Crippen LogP contribution in [0.1, 0.15) is 65.2 Å². The Morgan fingerprint density at radius 1 is 1.25 bits per heavy atom. The van der Waals surface area contributed by atoms with Gasteiger partial charge in [-0.1, -0.05) is 39.0 Å². The highest BCUT2D eigenvalue weighted by atomic mass is 32.1. The second-order valence-corrected chi connectivity index (χ2v) is 4.65. The molecule has 0 radical (unpaired) electrons. The second kappa shape index (κ2) is 10.9. The van der Waals surface area contributed by atoms with E-state index in [0.717, 1.165) is 6.42 Å². The molecule has 0 aliphatic heterocycles. The zero-order valence-electron chi connectivity index (χ0n) is 10.5. The smallest absolute Gasteiger partial charge is 0.174 e. The van der Waals surface area contributed by atoms with Crippen LogP contribution in [-0.2, 0) is 4.74 Å². The van der Waals surface area contributed by atoms with Crippen LogP contribution in [0.15, 0.2) is 0 Å². The van der Waals surface area contributed by atoms with Gasteiger partial charge in [0.25, 0.3) is 0 Å². The maximum absolute atomic E-state index is 8.43. The van der Waals surface area contributed by atoms with Crippen molar-refractivity contribution in [1.82, 2.24) is 0 Å². The largest absolute Gasteiger partial charge is 0.483 e. The third-order valence-corrected chi connectivity index (χ3v) is 2.76. The summed E-state index contributed by atoms with van der Waals surface area (Å²) in [4.78, 5) is 0. The fraction of sp³-hybridized carbons (Fsp3) is 0.846. The molecule has 0 aliphatic carbocycles. The Morgan fingerprint density at radius 3 is 2.50 bits per heavy atom. The monoisotopic (exact) mass is 241 g/mol. The van der Waals surface area contributed by atoms with Gasteiger partial charge in [-0.3, -0.25) is 0 Å². The number of nitriles is 1. The van der Waals surface area contributed by atoms with Crippen molar-refractivity contribution in [2.24, 2.45) is 0 Å². The molecule has 0 aromatic heterocycles. The van der Waals surface area contributed by atoms with E-state index in [-0.39, 0.29) is 12.5 Å². The van der Waals surface area contributed by atoms with Gasteiger partial charge in [0, 0.05) is 0 Å². The maximum atomic E-state index is 8.43. The SMILES string of the molecule is CCCCCCCCC(C)OC(=S)CC#N. The predicted molar refractivity (Wildman–Crippen MR) is 71.4 cm³/mol. The molecule has 3 heteroatoms. The van der Waals surface area contributed by atoms with Crippen LogP contribution in [0.3, 0.4) is 0 Å². The molecule has 0 saturated carbocycles. The summed E-state index contributed by atoms with van der Waals surface area (Å²) in [5, 5.41) is 8.86. The topological polar surface area (TPSA) is 33.0 Å². The quantitative estimate of drug-likeness (QED) is 0.443. The highest BCUT2D eigenvalue weighted by Gasteiger charge is 2.05. The lowest BCUT2D eigenvalue weighted by atomic mass is 10.1. The normalized spacial score (nSPS) is 11.8. The summed E-state index contributed by atoms with van der Waals surface area (Å²) < 4.78 is 5.43. The fourth-order valence-corrected chi connectivity index (χ4v) is 1.83. The maximum Gasteiger partial charge on any atom is 0.174 e. The third-order valence-electron chi connectivity index (χ3n) is 2.52. The first-order valence-corrected chi connectivity index (χ1v) is 6.68. The van der Waals surface area contributed by atoms with Crippen molar-refractivity contribution in [2.75, 3.05) is 0 Å². The molecular formula is C13H23NOS. The summed E-state index contributed by atoms with van der Waals surface area (Å²) >= 11 is 4.92. The summed E-state index contributed by atoms with van der Waals surface area (Å²) in [6.45, 7) is 4.25. The Morgan fingerprint density at radius 2 is 1.88 bits per heavy atom. The molecular weight excluding hydrogens is 218 g/mol. The first-order valence-electron chi connectivity index (χ1n) is 6.27. The standard InChI is InChI=1S/C13H23NOS/c1-3-4-5-6-7-8-9-12(2)15-13(16)10-11-14/h12H,3-10H2,1-2H3. The molecule has 0 bridgehead atoms. The summed E-state index contributed by atoms with van der Waals surface area (Å²) in [5.41, 5.74) is 0. The van der Waals surface area contributed by atoms with Crippen LogP contribution in [0.4, 0.5) is 0 Å². The third kappa shape index (κ3) is 9.92. The van der Waals surface area contributed by atoms with E-state index in [4.69, 9.17) is 22.2 Å². The minimum atomic E-state index is 0.159. The van der Waals surface area contributed by atoms with E-state index in [9.17, 15) is 0 Å². The van der Waals surface area contributed by atoms with Gasteiger partial charge >= 0.3 is 0 Å². The molecule has 0 N–H and O–H groups in total. The lowest BCUT2D eigenvalue weighted by Crippen LogP contribution is -2.12. The van der Waals surface area contributed by atoms with E-state index in [1.54, 1.807) is 0 Å². The number of hydrogen-bond acceptors (Lipinski definition) is 3. The van der Waals surface area contributed by atoms with Crippen molar-refractivity contribution in [3.05, 3.63) is 0 Å². The average molecular weight is 241 g/mol. The molecule has 0 amide bonds. The average Bonchev–Trinajstić information content (AvgIpc) is 2.23.